The minimum Gasteiger partial charge on any atom is -0.394 e. The van der Waals surface area contributed by atoms with Gasteiger partial charge in [-0.3, -0.25) is 14.4 Å². The van der Waals surface area contributed by atoms with E-state index in [-0.39, 0.29) is 17.1 Å². The second kappa shape index (κ2) is 10.1. The number of carbonyl (C=O) groups is 3. The van der Waals surface area contributed by atoms with Crippen molar-refractivity contribution in [2.75, 3.05) is 16.4 Å². The number of primary amides is 1. The number of aromatic nitrogens is 2. The van der Waals surface area contributed by atoms with Crippen LogP contribution in [0, 0.1) is 0 Å². The number of carbonyl (C=O) groups excluding carboxylic acids is 3. The monoisotopic (exact) mass is 488 g/mol. The molecule has 0 aliphatic heterocycles. The molecular formula is C25H21ClN6O3. The van der Waals surface area contributed by atoms with E-state index in [0.29, 0.717) is 22.0 Å². The lowest BCUT2D eigenvalue weighted by molar-refractivity contribution is -0.127. The highest BCUT2D eigenvalue weighted by Gasteiger charge is 2.27. The van der Waals surface area contributed by atoms with E-state index in [9.17, 15) is 14.4 Å². The number of hydrogen-bond acceptors (Lipinski definition) is 5. The summed E-state index contributed by atoms with van der Waals surface area (Å²) in [6.45, 7) is 0. The van der Waals surface area contributed by atoms with Gasteiger partial charge < -0.3 is 22.1 Å². The maximum absolute atomic E-state index is 12.7. The first-order valence-electron chi connectivity index (χ1n) is 10.5. The Morgan fingerprint density at radius 3 is 2.29 bits per heavy atom. The summed E-state index contributed by atoms with van der Waals surface area (Å²) in [6.07, 6.45) is 1.56. The van der Waals surface area contributed by atoms with Crippen LogP contribution in [0.1, 0.15) is 21.8 Å². The zero-order valence-electron chi connectivity index (χ0n) is 18.3. The van der Waals surface area contributed by atoms with Gasteiger partial charge in [-0.2, -0.15) is 0 Å². The molecule has 0 fully saturated rings. The third-order valence-corrected chi connectivity index (χ3v) is 5.38. The van der Waals surface area contributed by atoms with Crippen LogP contribution in [-0.2, 0) is 9.59 Å². The van der Waals surface area contributed by atoms with Crippen LogP contribution < -0.4 is 22.1 Å². The third-order valence-electron chi connectivity index (χ3n) is 5.14. The molecule has 4 aromatic rings. The molecule has 3 amide bonds. The van der Waals surface area contributed by atoms with E-state index in [0.717, 1.165) is 0 Å². The molecule has 6 N–H and O–H groups in total. The van der Waals surface area contributed by atoms with Crippen molar-refractivity contribution in [3.63, 3.8) is 0 Å². The first kappa shape index (κ1) is 23.5. The number of nitrogens with one attached hydrogen (secondary N) is 2. The van der Waals surface area contributed by atoms with Crippen molar-refractivity contribution in [2.45, 2.75) is 5.92 Å². The number of para-hydroxylation sites is 1. The van der Waals surface area contributed by atoms with Gasteiger partial charge in [0.2, 0.25) is 11.8 Å². The number of amides is 3. The standard InChI is InChI=1S/C25H21ClN6O3/c26-17-5-4-8-19(13-17)32-14-20(27)23(31-32)30-24(34)16-11-9-15(10-12-16)21(22(28)33)25(35)29-18-6-2-1-3-7-18/h1-14,21H,27H2,(H2,28,33)(H,29,35)(H,30,31,34). The Bertz CT molecular complexity index is 1390. The fourth-order valence-corrected chi connectivity index (χ4v) is 3.61. The summed E-state index contributed by atoms with van der Waals surface area (Å²) in [7, 11) is 0. The van der Waals surface area contributed by atoms with Gasteiger partial charge in [-0.15, -0.1) is 5.10 Å². The smallest absolute Gasteiger partial charge is 0.256 e. The van der Waals surface area contributed by atoms with Crippen LogP contribution >= 0.6 is 11.6 Å². The zero-order chi connectivity index (χ0) is 24.9. The number of anilines is 3. The van der Waals surface area contributed by atoms with Crippen LogP contribution in [0.4, 0.5) is 17.2 Å². The molecule has 3 aromatic carbocycles. The lowest BCUT2D eigenvalue weighted by atomic mass is 9.96. The number of nitrogens with two attached hydrogens (primary N) is 2. The Balaban J connectivity index is 1.48. The van der Waals surface area contributed by atoms with Gasteiger partial charge in [0.1, 0.15) is 5.92 Å². The summed E-state index contributed by atoms with van der Waals surface area (Å²) in [5, 5.41) is 10.2. The Morgan fingerprint density at radius 1 is 0.914 bits per heavy atom. The first-order chi connectivity index (χ1) is 16.8. The van der Waals surface area contributed by atoms with Crippen LogP contribution in [0.2, 0.25) is 5.02 Å². The van der Waals surface area contributed by atoms with Crippen LogP contribution in [0.15, 0.2) is 85.1 Å². The zero-order valence-corrected chi connectivity index (χ0v) is 19.1. The van der Waals surface area contributed by atoms with Gasteiger partial charge in [0.05, 0.1) is 17.6 Å². The summed E-state index contributed by atoms with van der Waals surface area (Å²) < 4.78 is 1.50. The molecule has 9 nitrogen and oxygen atoms in total. The third kappa shape index (κ3) is 5.48. The number of nitrogens with zero attached hydrogens (tertiary/aromatic N) is 2. The molecule has 1 heterocycles. The molecule has 0 spiro atoms. The molecule has 0 aliphatic rings. The SMILES string of the molecule is NC(=O)C(C(=O)Nc1ccccc1)c1ccc(C(=O)Nc2nn(-c3cccc(Cl)c3)cc2N)cc1. The van der Waals surface area contributed by atoms with Gasteiger partial charge in [0.25, 0.3) is 5.91 Å². The highest BCUT2D eigenvalue weighted by Crippen LogP contribution is 2.23. The molecule has 1 atom stereocenters. The number of nitrogen functional groups attached to an aromatic ring is 1. The van der Waals surface area contributed by atoms with E-state index >= 15 is 0 Å². The summed E-state index contributed by atoms with van der Waals surface area (Å²) in [6, 6.07) is 21.7. The van der Waals surface area contributed by atoms with Gasteiger partial charge in [0, 0.05) is 16.3 Å². The number of rotatable bonds is 7. The Labute approximate surface area is 205 Å². The van der Waals surface area contributed by atoms with Crippen molar-refractivity contribution in [2.24, 2.45) is 5.73 Å². The van der Waals surface area contributed by atoms with Crippen LogP contribution in [0.25, 0.3) is 5.69 Å². The molecular weight excluding hydrogens is 468 g/mol. The largest absolute Gasteiger partial charge is 0.394 e. The lowest BCUT2D eigenvalue weighted by Gasteiger charge is -2.14. The summed E-state index contributed by atoms with van der Waals surface area (Å²) in [4.78, 5) is 37.4. The predicted octanol–water partition coefficient (Wildman–Crippen LogP) is 3.57. The van der Waals surface area contributed by atoms with E-state index in [1.54, 1.807) is 60.8 Å². The lowest BCUT2D eigenvalue weighted by Crippen LogP contribution is -2.32. The Morgan fingerprint density at radius 2 is 1.63 bits per heavy atom. The molecule has 0 saturated carbocycles. The molecule has 0 saturated heterocycles. The van der Waals surface area contributed by atoms with Gasteiger partial charge >= 0.3 is 0 Å². The second-order valence-corrected chi connectivity index (χ2v) is 8.06. The van der Waals surface area contributed by atoms with Crippen LogP contribution in [-0.4, -0.2) is 27.5 Å². The molecule has 0 aliphatic carbocycles. The van der Waals surface area contributed by atoms with Crippen molar-refractivity contribution >= 4 is 46.5 Å². The van der Waals surface area contributed by atoms with Gasteiger partial charge in [0.15, 0.2) is 5.82 Å². The Hall–Kier alpha value is -4.63. The summed E-state index contributed by atoms with van der Waals surface area (Å²) in [5.74, 6) is -2.90. The van der Waals surface area contributed by atoms with Crippen molar-refractivity contribution in [3.8, 4) is 5.69 Å². The predicted molar refractivity (Wildman–Crippen MR) is 134 cm³/mol. The number of halogens is 1. The van der Waals surface area contributed by atoms with Gasteiger partial charge in [-0.1, -0.05) is 48.0 Å². The highest BCUT2D eigenvalue weighted by atomic mass is 35.5. The fourth-order valence-electron chi connectivity index (χ4n) is 3.42. The molecule has 35 heavy (non-hydrogen) atoms. The first-order valence-corrected chi connectivity index (χ1v) is 10.9. The number of hydrogen-bond donors (Lipinski definition) is 4. The maximum Gasteiger partial charge on any atom is 0.256 e. The van der Waals surface area contributed by atoms with Crippen molar-refractivity contribution in [3.05, 3.63) is 101 Å². The molecule has 1 aromatic heterocycles. The van der Waals surface area contributed by atoms with E-state index in [1.807, 2.05) is 0 Å². The average molecular weight is 489 g/mol. The molecule has 176 valence electrons. The van der Waals surface area contributed by atoms with E-state index in [4.69, 9.17) is 23.1 Å². The van der Waals surface area contributed by atoms with Gasteiger partial charge in [-0.05, 0) is 48.0 Å². The molecule has 10 heteroatoms. The topological polar surface area (TPSA) is 145 Å². The minimum atomic E-state index is -1.23. The molecule has 0 radical (unpaired) electrons. The summed E-state index contributed by atoms with van der Waals surface area (Å²) in [5.41, 5.74) is 13.6. The van der Waals surface area contributed by atoms with Crippen LogP contribution in [0.5, 0.6) is 0 Å². The van der Waals surface area contributed by atoms with Crippen LogP contribution in [0.3, 0.4) is 0 Å². The van der Waals surface area contributed by atoms with Gasteiger partial charge in [-0.25, -0.2) is 4.68 Å². The Kier molecular flexibility index (Phi) is 6.79. The summed E-state index contributed by atoms with van der Waals surface area (Å²) >= 11 is 6.02. The van der Waals surface area contributed by atoms with E-state index in [2.05, 4.69) is 15.7 Å². The maximum atomic E-state index is 12.7. The molecule has 0 bridgehead atoms. The van der Waals surface area contributed by atoms with E-state index in [1.165, 1.54) is 28.9 Å². The quantitative estimate of drug-likeness (QED) is 0.294. The van der Waals surface area contributed by atoms with Crippen molar-refractivity contribution < 1.29 is 14.4 Å². The highest BCUT2D eigenvalue weighted by molar-refractivity contribution is 6.30. The second-order valence-electron chi connectivity index (χ2n) is 7.62. The van der Waals surface area contributed by atoms with Crippen molar-refractivity contribution in [1.29, 1.82) is 0 Å². The number of benzene rings is 3. The normalized spacial score (nSPS) is 11.5. The molecule has 4 rings (SSSR count). The molecule has 1 unspecified atom stereocenters. The fraction of sp³-hybridized carbons (Fsp3) is 0.0400. The minimum absolute atomic E-state index is 0.177. The van der Waals surface area contributed by atoms with E-state index < -0.39 is 23.6 Å². The van der Waals surface area contributed by atoms with Crippen molar-refractivity contribution in [1.82, 2.24) is 9.78 Å². The average Bonchev–Trinajstić information content (AvgIpc) is 3.20.